The number of rotatable bonds is 8. The molecule has 152 valence electrons. The van der Waals surface area contributed by atoms with Gasteiger partial charge in [-0.25, -0.2) is 0 Å². The molecule has 4 aromatic rings. The molecule has 0 fully saturated rings. The molecule has 5 heteroatoms. The first kappa shape index (κ1) is 21.1. The summed E-state index contributed by atoms with van der Waals surface area (Å²) in [5.74, 6) is 0. The monoisotopic (exact) mass is 406 g/mol. The lowest BCUT2D eigenvalue weighted by Crippen LogP contribution is -2.44. The summed E-state index contributed by atoms with van der Waals surface area (Å²) < 4.78 is 6.04. The fraction of sp³-hybridized carbons (Fsp3) is 0.0769. The summed E-state index contributed by atoms with van der Waals surface area (Å²) in [7, 11) is 0. The smallest absolute Gasteiger partial charge is 0.359 e. The molecule has 0 spiro atoms. The van der Waals surface area contributed by atoms with Crippen LogP contribution in [0.25, 0.3) is 0 Å². The van der Waals surface area contributed by atoms with Crippen LogP contribution in [0.4, 0.5) is 0 Å². The van der Waals surface area contributed by atoms with Crippen molar-refractivity contribution in [3.8, 4) is 0 Å². The van der Waals surface area contributed by atoms with Gasteiger partial charge in [-0.05, 0) is 33.0 Å². The van der Waals surface area contributed by atoms with E-state index in [9.17, 15) is 10.0 Å². The fourth-order valence-corrected chi connectivity index (χ4v) is 3.77. The first-order valence-electron chi connectivity index (χ1n) is 10.4. The summed E-state index contributed by atoms with van der Waals surface area (Å²) in [5.41, 5.74) is 5.27. The Balaban J connectivity index is 1.48. The molecule has 0 unspecified atom stereocenters. The van der Waals surface area contributed by atoms with Crippen LogP contribution in [0.1, 0.15) is 11.1 Å². The van der Waals surface area contributed by atoms with Crippen molar-refractivity contribution < 1.29 is 14.8 Å². The highest BCUT2D eigenvalue weighted by molar-refractivity contribution is 6.79. The Morgan fingerprint density at radius 3 is 1.26 bits per heavy atom. The second-order valence-electron chi connectivity index (χ2n) is 7.52. The number of hydrogen-bond acceptors (Lipinski definition) is 3. The zero-order valence-corrected chi connectivity index (χ0v) is 17.3. The maximum Gasteiger partial charge on any atom is 0.359 e. The minimum Gasteiger partial charge on any atom is -0.443 e. The summed E-state index contributed by atoms with van der Waals surface area (Å²) >= 11 is 0. The van der Waals surface area contributed by atoms with Crippen LogP contribution in [-0.4, -0.2) is 23.9 Å². The quantitative estimate of drug-likeness (QED) is 0.438. The summed E-state index contributed by atoms with van der Waals surface area (Å²) in [5, 5.41) is 21.7. The maximum absolute atomic E-state index is 10.8. The lowest BCUT2D eigenvalue weighted by molar-refractivity contribution is 0.108. The molecule has 3 nitrogen and oxygen atoms in total. The van der Waals surface area contributed by atoms with E-state index in [0.29, 0.717) is 13.2 Å². The van der Waals surface area contributed by atoms with Crippen molar-refractivity contribution in [1.82, 2.24) is 0 Å². The standard InChI is InChI=1S/C26H24B2O3/c29-27(23-13-3-1-4-14-23)25-17-9-7-11-21(25)19-31-20-22-12-8-10-18-26(22)28(30)24-15-5-2-6-16-24/h1-18,29-30H,19-20H2. The molecule has 0 saturated carbocycles. The van der Waals surface area contributed by atoms with Gasteiger partial charge >= 0.3 is 13.8 Å². The van der Waals surface area contributed by atoms with E-state index in [0.717, 1.165) is 33.0 Å². The molecule has 0 saturated heterocycles. The van der Waals surface area contributed by atoms with Crippen LogP contribution < -0.4 is 21.9 Å². The van der Waals surface area contributed by atoms with E-state index in [1.165, 1.54) is 0 Å². The molecule has 0 heterocycles. The van der Waals surface area contributed by atoms with Gasteiger partial charge in [-0.1, -0.05) is 109 Å². The lowest BCUT2D eigenvalue weighted by atomic mass is 9.54. The van der Waals surface area contributed by atoms with Crippen LogP contribution in [0.15, 0.2) is 109 Å². The predicted octanol–water partition coefficient (Wildman–Crippen LogP) is 1.60. The Morgan fingerprint density at radius 1 is 0.484 bits per heavy atom. The second kappa shape index (κ2) is 10.3. The van der Waals surface area contributed by atoms with E-state index in [1.807, 2.05) is 109 Å². The van der Waals surface area contributed by atoms with E-state index in [-0.39, 0.29) is 0 Å². The van der Waals surface area contributed by atoms with Crippen LogP contribution in [0, 0.1) is 0 Å². The van der Waals surface area contributed by atoms with E-state index < -0.39 is 13.8 Å². The highest BCUT2D eigenvalue weighted by atomic mass is 16.5. The summed E-state index contributed by atoms with van der Waals surface area (Å²) in [6.45, 7) is -0.660. The van der Waals surface area contributed by atoms with Crippen molar-refractivity contribution in [3.05, 3.63) is 120 Å². The Bertz CT molecular complexity index is 1010. The Hall–Kier alpha value is -3.11. The van der Waals surface area contributed by atoms with Gasteiger partial charge in [0.05, 0.1) is 13.2 Å². The van der Waals surface area contributed by atoms with Gasteiger partial charge in [0, 0.05) is 0 Å². The zero-order valence-electron chi connectivity index (χ0n) is 17.3. The number of hydrogen-bond donors (Lipinski definition) is 2. The molecule has 0 aromatic heterocycles. The molecule has 0 aliphatic rings. The molecule has 0 aliphatic heterocycles. The Morgan fingerprint density at radius 2 is 0.839 bits per heavy atom. The van der Waals surface area contributed by atoms with Crippen LogP contribution in [0.3, 0.4) is 0 Å². The lowest BCUT2D eigenvalue weighted by Gasteiger charge is -2.15. The van der Waals surface area contributed by atoms with Gasteiger partial charge in [0.15, 0.2) is 0 Å². The van der Waals surface area contributed by atoms with Gasteiger partial charge in [0.25, 0.3) is 0 Å². The molecule has 0 atom stereocenters. The van der Waals surface area contributed by atoms with Crippen molar-refractivity contribution in [2.24, 2.45) is 0 Å². The molecule has 31 heavy (non-hydrogen) atoms. The molecule has 4 aromatic carbocycles. The van der Waals surface area contributed by atoms with Crippen LogP contribution in [-0.2, 0) is 18.0 Å². The van der Waals surface area contributed by atoms with E-state index in [1.54, 1.807) is 0 Å². The third-order valence-electron chi connectivity index (χ3n) is 5.45. The van der Waals surface area contributed by atoms with E-state index in [2.05, 4.69) is 0 Å². The minimum atomic E-state index is -0.701. The van der Waals surface area contributed by atoms with Crippen LogP contribution in [0.5, 0.6) is 0 Å². The number of benzene rings is 4. The van der Waals surface area contributed by atoms with Gasteiger partial charge in [-0.2, -0.15) is 0 Å². The Labute approximate surface area is 184 Å². The highest BCUT2D eigenvalue weighted by Crippen LogP contribution is 2.06. The van der Waals surface area contributed by atoms with Gasteiger partial charge in [-0.15, -0.1) is 0 Å². The molecule has 2 N–H and O–H groups in total. The average molecular weight is 406 g/mol. The first-order valence-corrected chi connectivity index (χ1v) is 10.4. The first-order chi connectivity index (χ1) is 15.2. The minimum absolute atomic E-state index is 0.371. The molecule has 0 radical (unpaired) electrons. The zero-order chi connectivity index (χ0) is 21.5. The van der Waals surface area contributed by atoms with Crippen molar-refractivity contribution in [1.29, 1.82) is 0 Å². The average Bonchev–Trinajstić information content (AvgIpc) is 2.85. The van der Waals surface area contributed by atoms with E-state index in [4.69, 9.17) is 4.74 Å². The summed E-state index contributed by atoms with van der Waals surface area (Å²) in [4.78, 5) is 0. The van der Waals surface area contributed by atoms with Gasteiger partial charge in [-0.3, -0.25) is 0 Å². The predicted molar refractivity (Wildman–Crippen MR) is 129 cm³/mol. The van der Waals surface area contributed by atoms with E-state index >= 15 is 0 Å². The molecule has 0 bridgehead atoms. The molecule has 4 rings (SSSR count). The number of ether oxygens (including phenoxy) is 1. The molecular formula is C26H24B2O3. The SMILES string of the molecule is OB(c1ccccc1)c1ccccc1COCc1ccccc1B(O)c1ccccc1. The van der Waals surface area contributed by atoms with Gasteiger partial charge < -0.3 is 14.8 Å². The van der Waals surface area contributed by atoms with Crippen molar-refractivity contribution >= 4 is 35.7 Å². The van der Waals surface area contributed by atoms with Gasteiger partial charge in [0.2, 0.25) is 0 Å². The van der Waals surface area contributed by atoms with Crippen LogP contribution in [0.2, 0.25) is 0 Å². The highest BCUT2D eigenvalue weighted by Gasteiger charge is 2.21. The maximum atomic E-state index is 10.8. The molecule has 0 amide bonds. The third-order valence-corrected chi connectivity index (χ3v) is 5.45. The summed E-state index contributed by atoms with van der Waals surface area (Å²) in [6, 6.07) is 34.8. The second-order valence-corrected chi connectivity index (χ2v) is 7.52. The van der Waals surface area contributed by atoms with Crippen LogP contribution >= 0.6 is 0 Å². The van der Waals surface area contributed by atoms with Crippen molar-refractivity contribution in [2.45, 2.75) is 13.2 Å². The fourth-order valence-electron chi connectivity index (χ4n) is 3.77. The van der Waals surface area contributed by atoms with Gasteiger partial charge in [0.1, 0.15) is 0 Å². The Kier molecular flexibility index (Phi) is 7.00. The van der Waals surface area contributed by atoms with Crippen molar-refractivity contribution in [2.75, 3.05) is 0 Å². The normalized spacial score (nSPS) is 10.6. The topological polar surface area (TPSA) is 49.7 Å². The molecule has 0 aliphatic carbocycles. The largest absolute Gasteiger partial charge is 0.443 e. The van der Waals surface area contributed by atoms with Crippen molar-refractivity contribution in [3.63, 3.8) is 0 Å². The summed E-state index contributed by atoms with van der Waals surface area (Å²) in [6.07, 6.45) is 0. The third kappa shape index (κ3) is 5.15. The molecular weight excluding hydrogens is 382 g/mol.